The summed E-state index contributed by atoms with van der Waals surface area (Å²) in [7, 11) is 0. The number of carbonyl (C=O) groups is 1. The van der Waals surface area contributed by atoms with Crippen molar-refractivity contribution in [2.75, 3.05) is 0 Å². The number of nitrogens with one attached hydrogen (secondary N) is 1. The highest BCUT2D eigenvalue weighted by atomic mass is 32.1. The van der Waals surface area contributed by atoms with E-state index in [0.29, 0.717) is 11.7 Å². The number of ketones is 1. The second-order valence-electron chi connectivity index (χ2n) is 6.38. The van der Waals surface area contributed by atoms with E-state index in [1.807, 2.05) is 18.2 Å². The highest BCUT2D eigenvalue weighted by Crippen LogP contribution is 2.53. The quantitative estimate of drug-likeness (QED) is 0.837. The third-order valence-electron chi connectivity index (χ3n) is 4.73. The third-order valence-corrected chi connectivity index (χ3v) is 5.04. The number of rotatable bonds is 5. The Hall–Kier alpha value is -1.22. The summed E-state index contributed by atoms with van der Waals surface area (Å²) in [6.07, 6.45) is 1.87. The predicted octanol–water partition coefficient (Wildman–Crippen LogP) is 3.75. The van der Waals surface area contributed by atoms with Crippen LogP contribution in [-0.2, 0) is 11.3 Å². The van der Waals surface area contributed by atoms with Crippen LogP contribution in [0, 0.1) is 17.3 Å². The van der Waals surface area contributed by atoms with E-state index in [9.17, 15) is 4.79 Å². The van der Waals surface area contributed by atoms with Gasteiger partial charge in [-0.15, -0.1) is 0 Å². The number of carbonyl (C=O) groups excluding carboxylic acids is 1. The molecule has 2 nitrogen and oxygen atoms in total. The van der Waals surface area contributed by atoms with E-state index in [-0.39, 0.29) is 11.3 Å². The number of hydrogen-bond acceptors (Lipinski definition) is 2. The molecule has 3 heteroatoms. The van der Waals surface area contributed by atoms with E-state index < -0.39 is 0 Å². The third kappa shape index (κ3) is 3.26. The number of benzene rings is 1. The summed E-state index contributed by atoms with van der Waals surface area (Å²) in [4.78, 5) is 12.4. The Morgan fingerprint density at radius 3 is 2.55 bits per heavy atom. The number of thiocarbonyl (C=S) groups is 1. The fourth-order valence-corrected chi connectivity index (χ4v) is 3.42. The molecule has 0 spiro atoms. The number of hydrogen-bond donors (Lipinski definition) is 1. The lowest BCUT2D eigenvalue weighted by atomic mass is 9.53. The SMILES string of the molecule is CC(=O)[C@@H]1C[C@H](CC(=S)NCc2ccccc2)C1(C)C. The van der Waals surface area contributed by atoms with E-state index in [2.05, 4.69) is 31.3 Å². The monoisotopic (exact) mass is 289 g/mol. The van der Waals surface area contributed by atoms with Gasteiger partial charge in [-0.1, -0.05) is 56.4 Å². The van der Waals surface area contributed by atoms with Gasteiger partial charge in [-0.3, -0.25) is 4.79 Å². The second-order valence-corrected chi connectivity index (χ2v) is 6.88. The standard InChI is InChI=1S/C17H23NOS/c1-12(19)15-9-14(17(15,2)3)10-16(20)18-11-13-7-5-4-6-8-13/h4-8,14-15H,9-11H2,1-3H3,(H,18,20)/t14-,15+/m1/s1. The van der Waals surface area contributed by atoms with Gasteiger partial charge < -0.3 is 5.32 Å². The Kier molecular flexibility index (Phi) is 4.59. The minimum Gasteiger partial charge on any atom is -0.376 e. The van der Waals surface area contributed by atoms with Gasteiger partial charge in [0.15, 0.2) is 0 Å². The Labute approximate surface area is 127 Å². The topological polar surface area (TPSA) is 29.1 Å². The first kappa shape index (κ1) is 15.2. The number of Topliss-reactive ketones (excluding diaryl/α,β-unsaturated/α-hetero) is 1. The molecule has 1 fully saturated rings. The van der Waals surface area contributed by atoms with Crippen LogP contribution in [0.2, 0.25) is 0 Å². The summed E-state index contributed by atoms with van der Waals surface area (Å²) >= 11 is 5.44. The predicted molar refractivity (Wildman–Crippen MR) is 86.6 cm³/mol. The molecule has 0 bridgehead atoms. The minimum absolute atomic E-state index is 0.0876. The van der Waals surface area contributed by atoms with Crippen LogP contribution in [0.4, 0.5) is 0 Å². The maximum atomic E-state index is 11.5. The van der Waals surface area contributed by atoms with Crippen LogP contribution in [0.5, 0.6) is 0 Å². The molecular weight excluding hydrogens is 266 g/mol. The van der Waals surface area contributed by atoms with Gasteiger partial charge in [0.1, 0.15) is 5.78 Å². The van der Waals surface area contributed by atoms with Crippen molar-refractivity contribution in [2.45, 2.75) is 40.2 Å². The van der Waals surface area contributed by atoms with Crippen LogP contribution in [-0.4, -0.2) is 10.8 Å². The molecule has 1 N–H and O–H groups in total. The lowest BCUT2D eigenvalue weighted by Gasteiger charge is -2.51. The Morgan fingerprint density at radius 1 is 1.35 bits per heavy atom. The van der Waals surface area contributed by atoms with Crippen molar-refractivity contribution in [3.63, 3.8) is 0 Å². The van der Waals surface area contributed by atoms with Crippen molar-refractivity contribution in [2.24, 2.45) is 17.3 Å². The van der Waals surface area contributed by atoms with Crippen molar-refractivity contribution in [1.82, 2.24) is 5.32 Å². The van der Waals surface area contributed by atoms with Gasteiger partial charge in [0, 0.05) is 18.9 Å². The Balaban J connectivity index is 1.80. The van der Waals surface area contributed by atoms with Gasteiger partial charge in [-0.05, 0) is 30.2 Å². The zero-order chi connectivity index (χ0) is 14.8. The molecule has 0 unspecified atom stereocenters. The van der Waals surface area contributed by atoms with Crippen LogP contribution in [0.3, 0.4) is 0 Å². The maximum Gasteiger partial charge on any atom is 0.133 e. The van der Waals surface area contributed by atoms with Gasteiger partial charge >= 0.3 is 0 Å². The van der Waals surface area contributed by atoms with Gasteiger partial charge in [0.05, 0.1) is 4.99 Å². The van der Waals surface area contributed by atoms with Crippen molar-refractivity contribution in [3.8, 4) is 0 Å². The molecule has 1 aliphatic carbocycles. The van der Waals surface area contributed by atoms with Crippen molar-refractivity contribution >= 4 is 23.0 Å². The van der Waals surface area contributed by atoms with E-state index in [0.717, 1.165) is 24.4 Å². The molecule has 1 aliphatic rings. The fourth-order valence-electron chi connectivity index (χ4n) is 3.14. The first-order chi connectivity index (χ1) is 9.41. The second kappa shape index (κ2) is 6.04. The molecule has 0 aliphatic heterocycles. The lowest BCUT2D eigenvalue weighted by molar-refractivity contribution is -0.135. The van der Waals surface area contributed by atoms with E-state index >= 15 is 0 Å². The molecule has 2 atom stereocenters. The summed E-state index contributed by atoms with van der Waals surface area (Å²) < 4.78 is 0. The first-order valence-electron chi connectivity index (χ1n) is 7.22. The molecule has 0 saturated heterocycles. The van der Waals surface area contributed by atoms with E-state index in [1.165, 1.54) is 5.56 Å². The molecule has 0 aromatic heterocycles. The first-order valence-corrected chi connectivity index (χ1v) is 7.63. The summed E-state index contributed by atoms with van der Waals surface area (Å²) in [5, 5.41) is 3.33. The zero-order valence-electron chi connectivity index (χ0n) is 12.5. The van der Waals surface area contributed by atoms with Crippen LogP contribution in [0.1, 0.15) is 39.2 Å². The van der Waals surface area contributed by atoms with Crippen LogP contribution < -0.4 is 5.32 Å². The zero-order valence-corrected chi connectivity index (χ0v) is 13.3. The molecule has 108 valence electrons. The highest BCUT2D eigenvalue weighted by molar-refractivity contribution is 7.80. The summed E-state index contributed by atoms with van der Waals surface area (Å²) in [5.41, 5.74) is 1.33. The Bertz CT molecular complexity index is 495. The highest BCUT2D eigenvalue weighted by Gasteiger charge is 2.49. The fraction of sp³-hybridized carbons (Fsp3) is 0.529. The van der Waals surface area contributed by atoms with Gasteiger partial charge in [-0.2, -0.15) is 0 Å². The minimum atomic E-state index is 0.0876. The van der Waals surface area contributed by atoms with E-state index in [1.54, 1.807) is 6.92 Å². The molecule has 0 heterocycles. The molecule has 1 saturated carbocycles. The van der Waals surface area contributed by atoms with Crippen LogP contribution in [0.25, 0.3) is 0 Å². The molecule has 0 radical (unpaired) electrons. The average Bonchev–Trinajstić information content (AvgIpc) is 2.41. The molecule has 1 aromatic carbocycles. The Morgan fingerprint density at radius 2 is 2.00 bits per heavy atom. The van der Waals surface area contributed by atoms with Gasteiger partial charge in [0.2, 0.25) is 0 Å². The summed E-state index contributed by atoms with van der Waals surface area (Å²) in [6.45, 7) is 6.86. The largest absolute Gasteiger partial charge is 0.376 e. The van der Waals surface area contributed by atoms with E-state index in [4.69, 9.17) is 12.2 Å². The smallest absolute Gasteiger partial charge is 0.133 e. The maximum absolute atomic E-state index is 11.5. The summed E-state index contributed by atoms with van der Waals surface area (Å²) in [6, 6.07) is 10.3. The lowest BCUT2D eigenvalue weighted by Crippen LogP contribution is -2.49. The average molecular weight is 289 g/mol. The normalized spacial score (nSPS) is 23.8. The molecular formula is C17H23NOS. The van der Waals surface area contributed by atoms with Crippen molar-refractivity contribution < 1.29 is 4.79 Å². The molecule has 20 heavy (non-hydrogen) atoms. The van der Waals surface area contributed by atoms with Crippen LogP contribution in [0.15, 0.2) is 30.3 Å². The van der Waals surface area contributed by atoms with Crippen molar-refractivity contribution in [1.29, 1.82) is 0 Å². The summed E-state index contributed by atoms with van der Waals surface area (Å²) in [5.74, 6) is 1.05. The molecule has 1 aromatic rings. The molecule has 0 amide bonds. The van der Waals surface area contributed by atoms with Crippen molar-refractivity contribution in [3.05, 3.63) is 35.9 Å². The van der Waals surface area contributed by atoms with Gasteiger partial charge in [-0.25, -0.2) is 0 Å². The molecule has 2 rings (SSSR count). The van der Waals surface area contributed by atoms with Crippen LogP contribution >= 0.6 is 12.2 Å². The van der Waals surface area contributed by atoms with Gasteiger partial charge in [0.25, 0.3) is 0 Å².